The van der Waals surface area contributed by atoms with Gasteiger partial charge in [0, 0.05) is 11.6 Å². The van der Waals surface area contributed by atoms with Gasteiger partial charge in [0.15, 0.2) is 0 Å². The molecule has 2 fully saturated rings. The zero-order valence-corrected chi connectivity index (χ0v) is 9.25. The molecule has 3 nitrogen and oxygen atoms in total. The van der Waals surface area contributed by atoms with E-state index in [-0.39, 0.29) is 24.7 Å². The zero-order chi connectivity index (χ0) is 11.8. The minimum Gasteiger partial charge on any atom is -0.324 e. The maximum atomic E-state index is 12.7. The lowest BCUT2D eigenvalue weighted by Gasteiger charge is -2.47. The van der Waals surface area contributed by atoms with E-state index in [0.29, 0.717) is 6.42 Å². The second kappa shape index (κ2) is 3.94. The number of hydrogen-bond donors (Lipinski definition) is 1. The molecule has 1 heterocycles. The number of halogens is 2. The van der Waals surface area contributed by atoms with Crippen LogP contribution in [0.1, 0.15) is 32.1 Å². The molecule has 2 rings (SSSR count). The average molecular weight is 229 g/mol. The molecule has 1 saturated carbocycles. The average Bonchev–Trinajstić information content (AvgIpc) is 2.15. The van der Waals surface area contributed by atoms with Crippen LogP contribution in [0, 0.1) is 11.3 Å². The molecular weight excluding hydrogens is 212 g/mol. The number of rotatable bonds is 2. The number of hydrogen-bond acceptors (Lipinski definition) is 3. The van der Waals surface area contributed by atoms with Crippen LogP contribution >= 0.6 is 0 Å². The smallest absolute Gasteiger partial charge is 0.272 e. The minimum absolute atomic E-state index is 0.104. The van der Waals surface area contributed by atoms with Crippen molar-refractivity contribution in [3.05, 3.63) is 0 Å². The summed E-state index contributed by atoms with van der Waals surface area (Å²) in [6.07, 6.45) is 3.60. The molecule has 2 N–H and O–H groups in total. The van der Waals surface area contributed by atoms with Gasteiger partial charge in [-0.15, -0.1) is 0 Å². The van der Waals surface area contributed by atoms with Gasteiger partial charge in [-0.1, -0.05) is 0 Å². The third kappa shape index (κ3) is 2.33. The van der Waals surface area contributed by atoms with Gasteiger partial charge in [-0.2, -0.15) is 5.26 Å². The van der Waals surface area contributed by atoms with E-state index in [4.69, 9.17) is 11.0 Å². The Labute approximate surface area is 94.2 Å². The van der Waals surface area contributed by atoms with Crippen molar-refractivity contribution in [3.63, 3.8) is 0 Å². The lowest BCUT2D eigenvalue weighted by Crippen LogP contribution is -2.61. The molecule has 1 aliphatic heterocycles. The molecule has 0 unspecified atom stereocenters. The number of nitrogens with two attached hydrogens (primary N) is 1. The summed E-state index contributed by atoms with van der Waals surface area (Å²) in [6, 6.07) is 2.35. The first-order valence-electron chi connectivity index (χ1n) is 5.72. The van der Waals surface area contributed by atoms with E-state index in [1.165, 1.54) is 0 Å². The lowest BCUT2D eigenvalue weighted by molar-refractivity contribution is -0.151. The van der Waals surface area contributed by atoms with Crippen molar-refractivity contribution in [2.75, 3.05) is 13.1 Å². The molecule has 16 heavy (non-hydrogen) atoms. The van der Waals surface area contributed by atoms with Crippen molar-refractivity contribution >= 4 is 0 Å². The van der Waals surface area contributed by atoms with Gasteiger partial charge in [-0.25, -0.2) is 8.78 Å². The van der Waals surface area contributed by atoms with Gasteiger partial charge in [0.25, 0.3) is 5.92 Å². The summed E-state index contributed by atoms with van der Waals surface area (Å²) in [6.45, 7) is -0.207. The summed E-state index contributed by atoms with van der Waals surface area (Å²) in [5, 5.41) is 8.65. The Morgan fingerprint density at radius 1 is 1.31 bits per heavy atom. The Morgan fingerprint density at radius 3 is 2.31 bits per heavy atom. The van der Waals surface area contributed by atoms with Crippen LogP contribution in [-0.4, -0.2) is 35.5 Å². The van der Waals surface area contributed by atoms with Crippen molar-refractivity contribution in [1.82, 2.24) is 4.90 Å². The van der Waals surface area contributed by atoms with E-state index in [9.17, 15) is 8.78 Å². The fourth-order valence-corrected chi connectivity index (χ4v) is 2.68. The topological polar surface area (TPSA) is 53.1 Å². The first-order chi connectivity index (χ1) is 7.44. The van der Waals surface area contributed by atoms with E-state index >= 15 is 0 Å². The van der Waals surface area contributed by atoms with Gasteiger partial charge in [0.05, 0.1) is 25.6 Å². The SMILES string of the molecule is N#CC[C@]1(N)CC[C@@H](N2CC(F)(F)C2)CC1. The molecule has 1 saturated heterocycles. The standard InChI is InChI=1S/C11H17F2N3/c12-11(13)7-16(8-11)9-1-3-10(15,4-2-9)5-6-14/h9H,1-5,7-8,15H2/t9-,10+. The van der Waals surface area contributed by atoms with Crippen molar-refractivity contribution < 1.29 is 8.78 Å². The minimum atomic E-state index is -2.48. The zero-order valence-electron chi connectivity index (χ0n) is 9.25. The van der Waals surface area contributed by atoms with Crippen LogP contribution in [0.3, 0.4) is 0 Å². The van der Waals surface area contributed by atoms with Crippen molar-refractivity contribution in [2.45, 2.75) is 49.6 Å². The number of alkyl halides is 2. The van der Waals surface area contributed by atoms with Gasteiger partial charge >= 0.3 is 0 Å². The molecule has 0 spiro atoms. The predicted octanol–water partition coefficient (Wildman–Crippen LogP) is 1.49. The van der Waals surface area contributed by atoms with Crippen LogP contribution in [0.2, 0.25) is 0 Å². The molecule has 1 aliphatic carbocycles. The maximum absolute atomic E-state index is 12.7. The fraction of sp³-hybridized carbons (Fsp3) is 0.909. The molecule has 0 amide bonds. The molecule has 0 radical (unpaired) electrons. The second-order valence-corrected chi connectivity index (χ2v) is 5.19. The highest BCUT2D eigenvalue weighted by Crippen LogP contribution is 2.36. The van der Waals surface area contributed by atoms with Gasteiger partial charge in [-0.3, -0.25) is 4.90 Å². The van der Waals surface area contributed by atoms with Crippen molar-refractivity contribution in [3.8, 4) is 6.07 Å². The number of nitrogens with zero attached hydrogens (tertiary/aromatic N) is 2. The summed E-state index contributed by atoms with van der Waals surface area (Å²) in [4.78, 5) is 1.84. The Bertz CT molecular complexity index is 295. The third-order valence-electron chi connectivity index (χ3n) is 3.77. The van der Waals surface area contributed by atoms with E-state index in [1.54, 1.807) is 0 Å². The summed E-state index contributed by atoms with van der Waals surface area (Å²) in [5.74, 6) is -2.48. The maximum Gasteiger partial charge on any atom is 0.272 e. The molecule has 90 valence electrons. The lowest BCUT2D eigenvalue weighted by atomic mass is 9.77. The molecular formula is C11H17F2N3. The van der Waals surface area contributed by atoms with Gasteiger partial charge < -0.3 is 5.73 Å². The van der Waals surface area contributed by atoms with E-state index in [1.807, 2.05) is 4.90 Å². The first kappa shape index (κ1) is 11.7. The quantitative estimate of drug-likeness (QED) is 0.780. The first-order valence-corrected chi connectivity index (χ1v) is 5.72. The molecule has 0 bridgehead atoms. The Kier molecular flexibility index (Phi) is 2.89. The molecule has 5 heteroatoms. The highest BCUT2D eigenvalue weighted by Gasteiger charge is 2.47. The number of likely N-dealkylation sites (tertiary alicyclic amines) is 1. The van der Waals surface area contributed by atoms with Gasteiger partial charge in [0.1, 0.15) is 0 Å². The van der Waals surface area contributed by atoms with Crippen molar-refractivity contribution in [2.24, 2.45) is 5.73 Å². The largest absolute Gasteiger partial charge is 0.324 e. The number of nitriles is 1. The second-order valence-electron chi connectivity index (χ2n) is 5.19. The van der Waals surface area contributed by atoms with E-state index in [0.717, 1.165) is 25.7 Å². The molecule has 0 aromatic rings. The highest BCUT2D eigenvalue weighted by molar-refractivity contribution is 5.00. The summed E-state index contributed by atoms with van der Waals surface area (Å²) >= 11 is 0. The Hall–Kier alpha value is -0.730. The van der Waals surface area contributed by atoms with Crippen LogP contribution in [0.25, 0.3) is 0 Å². The summed E-state index contributed by atoms with van der Waals surface area (Å²) in [5.41, 5.74) is 5.68. The molecule has 2 aliphatic rings. The van der Waals surface area contributed by atoms with Crippen molar-refractivity contribution in [1.29, 1.82) is 5.26 Å². The molecule has 0 aromatic heterocycles. The van der Waals surface area contributed by atoms with Gasteiger partial charge in [0.2, 0.25) is 0 Å². The van der Waals surface area contributed by atoms with Crippen LogP contribution in [-0.2, 0) is 0 Å². The molecule has 0 atom stereocenters. The Morgan fingerprint density at radius 2 is 1.88 bits per heavy atom. The predicted molar refractivity (Wildman–Crippen MR) is 55.9 cm³/mol. The Balaban J connectivity index is 1.81. The van der Waals surface area contributed by atoms with Crippen LogP contribution < -0.4 is 5.73 Å². The normalized spacial score (nSPS) is 38.8. The molecule has 0 aromatic carbocycles. The fourth-order valence-electron chi connectivity index (χ4n) is 2.68. The monoisotopic (exact) mass is 229 g/mol. The third-order valence-corrected chi connectivity index (χ3v) is 3.77. The van der Waals surface area contributed by atoms with Crippen LogP contribution in [0.4, 0.5) is 8.78 Å². The summed E-state index contributed by atoms with van der Waals surface area (Å²) in [7, 11) is 0. The highest BCUT2D eigenvalue weighted by atomic mass is 19.3. The van der Waals surface area contributed by atoms with Gasteiger partial charge in [-0.05, 0) is 25.7 Å². The van der Waals surface area contributed by atoms with Crippen LogP contribution in [0.15, 0.2) is 0 Å². The van der Waals surface area contributed by atoms with E-state index < -0.39 is 5.92 Å². The van der Waals surface area contributed by atoms with Crippen LogP contribution in [0.5, 0.6) is 0 Å². The van der Waals surface area contributed by atoms with E-state index in [2.05, 4.69) is 6.07 Å². The summed E-state index contributed by atoms with van der Waals surface area (Å²) < 4.78 is 25.4.